The molecule has 0 spiro atoms. The average Bonchev–Trinajstić information content (AvgIpc) is 3.19. The van der Waals surface area contributed by atoms with Crippen molar-refractivity contribution >= 4 is 29.6 Å². The van der Waals surface area contributed by atoms with Crippen molar-refractivity contribution in [2.45, 2.75) is 49.2 Å². The molecule has 4 rings (SSSR count). The topological polar surface area (TPSA) is 102 Å². The second kappa shape index (κ2) is 8.43. The molecule has 2 aliphatic carbocycles. The van der Waals surface area contributed by atoms with Crippen LogP contribution in [0.15, 0.2) is 24.3 Å². The molecule has 3 fully saturated rings. The van der Waals surface area contributed by atoms with E-state index in [0.29, 0.717) is 6.42 Å². The lowest BCUT2D eigenvalue weighted by Gasteiger charge is -2.44. The van der Waals surface area contributed by atoms with E-state index >= 15 is 0 Å². The van der Waals surface area contributed by atoms with Crippen LogP contribution in [0.4, 0.5) is 4.39 Å². The van der Waals surface area contributed by atoms with E-state index in [1.165, 1.54) is 43.1 Å². The molecule has 1 saturated heterocycles. The Kier molecular flexibility index (Phi) is 6.00. The minimum atomic E-state index is -1.17. The van der Waals surface area contributed by atoms with Crippen LogP contribution in [0.3, 0.4) is 0 Å². The summed E-state index contributed by atoms with van der Waals surface area (Å²) in [6.07, 6.45) is 1.79. The third kappa shape index (κ3) is 3.71. The average molecular weight is 452 g/mol. The summed E-state index contributed by atoms with van der Waals surface area (Å²) in [5.74, 6) is -2.87. The predicted molar refractivity (Wildman–Crippen MR) is 111 cm³/mol. The first-order valence-corrected chi connectivity index (χ1v) is 11.5. The molecule has 7 nitrogen and oxygen atoms in total. The summed E-state index contributed by atoms with van der Waals surface area (Å²) in [6, 6.07) is 4.48. The Morgan fingerprint density at radius 2 is 2.13 bits per heavy atom. The number of ether oxygens (including phenoxy) is 2. The van der Waals surface area contributed by atoms with Gasteiger partial charge in [-0.05, 0) is 43.2 Å². The maximum absolute atomic E-state index is 14.0. The summed E-state index contributed by atoms with van der Waals surface area (Å²) in [5.41, 5.74) is -1.34. The first kappa shape index (κ1) is 22.1. The van der Waals surface area contributed by atoms with Gasteiger partial charge in [0.2, 0.25) is 0 Å². The zero-order valence-corrected chi connectivity index (χ0v) is 18.2. The minimum absolute atomic E-state index is 0.0259. The van der Waals surface area contributed by atoms with Gasteiger partial charge in [0.05, 0.1) is 12.7 Å². The molecule has 3 aliphatic rings. The molecular formula is C22H26FNO6S. The Morgan fingerprint density at radius 1 is 1.39 bits per heavy atom. The number of thioether (sulfide) groups is 1. The lowest BCUT2D eigenvalue weighted by molar-refractivity contribution is -0.145. The number of rotatable bonds is 6. The van der Waals surface area contributed by atoms with Crippen molar-refractivity contribution in [1.29, 1.82) is 0 Å². The monoisotopic (exact) mass is 451 g/mol. The van der Waals surface area contributed by atoms with Crippen LogP contribution in [-0.4, -0.2) is 58.8 Å². The number of hydrogen-bond donors (Lipinski definition) is 2. The SMILES string of the molecule is COC(=O)[C@H](CS[C@H]1C2C(=O)O[C@@H]3CC[C@H](C[C@@H]1C)C23O)NC(=O)c1ccccc1F. The summed E-state index contributed by atoms with van der Waals surface area (Å²) in [6.45, 7) is 2.03. The van der Waals surface area contributed by atoms with Crippen LogP contribution in [-0.2, 0) is 19.1 Å². The van der Waals surface area contributed by atoms with Gasteiger partial charge in [0.25, 0.3) is 5.91 Å². The van der Waals surface area contributed by atoms with Gasteiger partial charge < -0.3 is 19.9 Å². The van der Waals surface area contributed by atoms with E-state index in [9.17, 15) is 23.9 Å². The minimum Gasteiger partial charge on any atom is -0.467 e. The second-order valence-electron chi connectivity index (χ2n) is 8.60. The second-order valence-corrected chi connectivity index (χ2v) is 9.82. The third-order valence-electron chi connectivity index (χ3n) is 6.87. The molecule has 2 unspecified atom stereocenters. The Labute approximate surface area is 184 Å². The highest BCUT2D eigenvalue weighted by Gasteiger charge is 2.68. The standard InChI is InChI=1S/C22H26FNO6S/c1-11-9-12-7-8-16-22(12,28)17(21(27)30-16)18(11)31-10-15(20(26)29-2)24-19(25)13-5-3-4-6-14(13)23/h3-6,11-12,15-18,28H,7-10H2,1-2H3,(H,24,25)/t11-,12+,15-,16+,17?,18+,22?/m0/s1. The summed E-state index contributed by atoms with van der Waals surface area (Å²) in [4.78, 5) is 37.4. The van der Waals surface area contributed by atoms with Crippen LogP contribution >= 0.6 is 11.8 Å². The maximum atomic E-state index is 14.0. The lowest BCUT2D eigenvalue weighted by atomic mass is 9.66. The van der Waals surface area contributed by atoms with Crippen LogP contribution in [0.25, 0.3) is 0 Å². The van der Waals surface area contributed by atoms with Crippen LogP contribution in [0.5, 0.6) is 0 Å². The predicted octanol–water partition coefficient (Wildman–Crippen LogP) is 1.92. The van der Waals surface area contributed by atoms with Crippen LogP contribution in [0.1, 0.15) is 36.5 Å². The van der Waals surface area contributed by atoms with Crippen molar-refractivity contribution in [1.82, 2.24) is 5.32 Å². The first-order chi connectivity index (χ1) is 14.8. The van der Waals surface area contributed by atoms with Gasteiger partial charge in [0.15, 0.2) is 0 Å². The van der Waals surface area contributed by atoms with E-state index in [2.05, 4.69) is 5.32 Å². The quantitative estimate of drug-likeness (QED) is 0.637. The Hall–Kier alpha value is -2.13. The fourth-order valence-corrected chi connectivity index (χ4v) is 6.96. The van der Waals surface area contributed by atoms with Gasteiger partial charge in [0.1, 0.15) is 29.5 Å². The summed E-state index contributed by atoms with van der Waals surface area (Å²) >= 11 is 1.34. The third-order valence-corrected chi connectivity index (χ3v) is 8.52. The molecule has 1 amide bonds. The number of nitrogens with one attached hydrogen (secondary N) is 1. The number of carbonyl (C=O) groups is 3. The normalized spacial score (nSPS) is 34.6. The van der Waals surface area contributed by atoms with Gasteiger partial charge in [-0.1, -0.05) is 19.1 Å². The van der Waals surface area contributed by atoms with Gasteiger partial charge in [-0.3, -0.25) is 9.59 Å². The molecule has 2 N–H and O–H groups in total. The van der Waals surface area contributed by atoms with E-state index < -0.39 is 47.3 Å². The van der Waals surface area contributed by atoms with Crippen LogP contribution in [0.2, 0.25) is 0 Å². The summed E-state index contributed by atoms with van der Waals surface area (Å²) in [7, 11) is 1.21. The number of amides is 1. The summed E-state index contributed by atoms with van der Waals surface area (Å²) in [5, 5.41) is 13.6. The van der Waals surface area contributed by atoms with Crippen molar-refractivity contribution in [3.63, 3.8) is 0 Å². The molecular weight excluding hydrogens is 425 g/mol. The molecule has 168 valence electrons. The molecule has 0 aromatic heterocycles. The zero-order chi connectivity index (χ0) is 22.3. The highest BCUT2D eigenvalue weighted by molar-refractivity contribution is 8.00. The molecule has 1 aromatic rings. The molecule has 2 saturated carbocycles. The maximum Gasteiger partial charge on any atom is 0.329 e. The van der Waals surface area contributed by atoms with E-state index in [1.54, 1.807) is 0 Å². The fraction of sp³-hybridized carbons (Fsp3) is 0.591. The number of aliphatic hydroxyl groups is 1. The molecule has 0 radical (unpaired) electrons. The molecule has 7 atom stereocenters. The largest absolute Gasteiger partial charge is 0.467 e. The van der Waals surface area contributed by atoms with E-state index in [4.69, 9.17) is 9.47 Å². The number of hydrogen-bond acceptors (Lipinski definition) is 7. The van der Waals surface area contributed by atoms with Gasteiger partial charge in [0, 0.05) is 11.0 Å². The summed E-state index contributed by atoms with van der Waals surface area (Å²) < 4.78 is 24.3. The van der Waals surface area contributed by atoms with Crippen LogP contribution in [0, 0.1) is 23.6 Å². The van der Waals surface area contributed by atoms with E-state index in [-0.39, 0.29) is 28.4 Å². The lowest BCUT2D eigenvalue weighted by Crippen LogP contribution is -2.56. The van der Waals surface area contributed by atoms with Crippen molar-refractivity contribution < 1.29 is 33.4 Å². The van der Waals surface area contributed by atoms with E-state index in [0.717, 1.165) is 12.8 Å². The van der Waals surface area contributed by atoms with Gasteiger partial charge in [-0.2, -0.15) is 11.8 Å². The van der Waals surface area contributed by atoms with Gasteiger partial charge in [-0.25, -0.2) is 9.18 Å². The molecule has 31 heavy (non-hydrogen) atoms. The smallest absolute Gasteiger partial charge is 0.329 e. The van der Waals surface area contributed by atoms with E-state index in [1.807, 2.05) is 6.92 Å². The number of methoxy groups -OCH3 is 1. The van der Waals surface area contributed by atoms with Crippen molar-refractivity contribution in [3.8, 4) is 0 Å². The van der Waals surface area contributed by atoms with Crippen molar-refractivity contribution in [2.75, 3.05) is 12.9 Å². The number of carbonyl (C=O) groups excluding carboxylic acids is 3. The zero-order valence-electron chi connectivity index (χ0n) is 17.4. The molecule has 1 heterocycles. The molecule has 0 bridgehead atoms. The molecule has 9 heteroatoms. The highest BCUT2D eigenvalue weighted by Crippen LogP contribution is 2.58. The number of benzene rings is 1. The van der Waals surface area contributed by atoms with Crippen LogP contribution < -0.4 is 5.32 Å². The van der Waals surface area contributed by atoms with Crippen molar-refractivity contribution in [3.05, 3.63) is 35.6 Å². The number of halogens is 1. The fourth-order valence-electron chi connectivity index (χ4n) is 5.36. The highest BCUT2D eigenvalue weighted by atomic mass is 32.2. The Balaban J connectivity index is 1.49. The molecule has 1 aliphatic heterocycles. The first-order valence-electron chi connectivity index (χ1n) is 10.4. The molecule has 1 aromatic carbocycles. The Morgan fingerprint density at radius 3 is 2.84 bits per heavy atom. The Bertz CT molecular complexity index is 897. The number of esters is 2. The van der Waals surface area contributed by atoms with Crippen molar-refractivity contribution in [2.24, 2.45) is 17.8 Å². The van der Waals surface area contributed by atoms with Gasteiger partial charge in [-0.15, -0.1) is 0 Å². The van der Waals surface area contributed by atoms with Gasteiger partial charge >= 0.3 is 11.9 Å².